The summed E-state index contributed by atoms with van der Waals surface area (Å²) in [5, 5.41) is 6.28. The number of hydrogen-bond acceptors (Lipinski definition) is 4. The molecule has 1 aromatic heterocycles. The molecule has 1 heterocycles. The predicted molar refractivity (Wildman–Crippen MR) is 86.6 cm³/mol. The number of pyridine rings is 1. The summed E-state index contributed by atoms with van der Waals surface area (Å²) >= 11 is 3.38. The van der Waals surface area contributed by atoms with E-state index >= 15 is 0 Å². The molecule has 0 aliphatic heterocycles. The molecule has 6 heteroatoms. The van der Waals surface area contributed by atoms with Gasteiger partial charge in [-0.2, -0.15) is 0 Å². The molecule has 1 aromatic rings. The van der Waals surface area contributed by atoms with Crippen LogP contribution < -0.4 is 10.6 Å². The first-order chi connectivity index (χ1) is 10.1. The quantitative estimate of drug-likeness (QED) is 0.823. The van der Waals surface area contributed by atoms with E-state index in [2.05, 4.69) is 38.5 Å². The molecule has 2 atom stereocenters. The average Bonchev–Trinajstić information content (AvgIpc) is 2.93. The Morgan fingerprint density at radius 2 is 2.33 bits per heavy atom. The Kier molecular flexibility index (Phi) is 5.99. The molecule has 1 amide bonds. The molecule has 0 saturated heterocycles. The maximum atomic E-state index is 12.5. The SMILES string of the molecule is CCCNc1ncc(Br)cc1C(=O)NC1CCC(OC)C1. The first kappa shape index (κ1) is 16.2. The number of halogens is 1. The molecule has 1 aliphatic rings. The second-order valence-electron chi connectivity index (χ2n) is 5.32. The van der Waals surface area contributed by atoms with Gasteiger partial charge in [0.25, 0.3) is 5.91 Å². The minimum absolute atomic E-state index is 0.0795. The van der Waals surface area contributed by atoms with Crippen molar-refractivity contribution < 1.29 is 9.53 Å². The molecule has 1 fully saturated rings. The van der Waals surface area contributed by atoms with Crippen LogP contribution in [0.1, 0.15) is 43.0 Å². The third-order valence-corrected chi connectivity index (χ3v) is 4.13. The summed E-state index contributed by atoms with van der Waals surface area (Å²) < 4.78 is 6.14. The molecular weight excluding hydrogens is 334 g/mol. The zero-order chi connectivity index (χ0) is 15.2. The van der Waals surface area contributed by atoms with Crippen molar-refractivity contribution in [3.05, 3.63) is 22.3 Å². The van der Waals surface area contributed by atoms with Crippen molar-refractivity contribution >= 4 is 27.7 Å². The fraction of sp³-hybridized carbons (Fsp3) is 0.600. The van der Waals surface area contributed by atoms with Crippen LogP contribution in [0.15, 0.2) is 16.7 Å². The molecule has 1 saturated carbocycles. The van der Waals surface area contributed by atoms with Crippen molar-refractivity contribution in [2.24, 2.45) is 0 Å². The first-order valence-corrected chi connectivity index (χ1v) is 8.16. The fourth-order valence-electron chi connectivity index (χ4n) is 2.55. The van der Waals surface area contributed by atoms with Crippen LogP contribution in [0, 0.1) is 0 Å². The van der Waals surface area contributed by atoms with Gasteiger partial charge in [-0.1, -0.05) is 6.92 Å². The third-order valence-electron chi connectivity index (χ3n) is 3.69. The summed E-state index contributed by atoms with van der Waals surface area (Å²) in [4.78, 5) is 16.8. The average molecular weight is 356 g/mol. The monoisotopic (exact) mass is 355 g/mol. The van der Waals surface area contributed by atoms with E-state index < -0.39 is 0 Å². The van der Waals surface area contributed by atoms with Crippen molar-refractivity contribution in [3.8, 4) is 0 Å². The summed E-state index contributed by atoms with van der Waals surface area (Å²) in [7, 11) is 1.72. The lowest BCUT2D eigenvalue weighted by Gasteiger charge is -2.15. The number of methoxy groups -OCH3 is 1. The molecule has 2 unspecified atom stereocenters. The molecule has 0 aromatic carbocycles. The number of nitrogens with zero attached hydrogens (tertiary/aromatic N) is 1. The molecule has 2 N–H and O–H groups in total. The number of rotatable bonds is 6. The number of ether oxygens (including phenoxy) is 1. The van der Waals surface area contributed by atoms with Gasteiger partial charge in [-0.05, 0) is 47.7 Å². The maximum Gasteiger partial charge on any atom is 0.255 e. The molecular formula is C15H22BrN3O2. The Morgan fingerprint density at radius 1 is 1.52 bits per heavy atom. The molecule has 0 bridgehead atoms. The van der Waals surface area contributed by atoms with Crippen molar-refractivity contribution in [1.82, 2.24) is 10.3 Å². The maximum absolute atomic E-state index is 12.5. The van der Waals surface area contributed by atoms with E-state index in [-0.39, 0.29) is 18.1 Å². The molecule has 0 radical (unpaired) electrons. The number of anilines is 1. The largest absolute Gasteiger partial charge is 0.381 e. The second-order valence-corrected chi connectivity index (χ2v) is 6.23. The Hall–Kier alpha value is -1.14. The Labute approximate surface area is 134 Å². The highest BCUT2D eigenvalue weighted by atomic mass is 79.9. The minimum atomic E-state index is -0.0795. The van der Waals surface area contributed by atoms with Crippen molar-refractivity contribution in [2.75, 3.05) is 19.0 Å². The molecule has 21 heavy (non-hydrogen) atoms. The van der Waals surface area contributed by atoms with E-state index in [9.17, 15) is 4.79 Å². The van der Waals surface area contributed by atoms with Gasteiger partial charge in [-0.25, -0.2) is 4.98 Å². The predicted octanol–water partition coefficient (Wildman–Crippen LogP) is 2.96. The standard InChI is InChI=1S/C15H22BrN3O2/c1-3-6-17-14-13(7-10(16)9-18-14)15(20)19-11-4-5-12(8-11)21-2/h7,9,11-12H,3-6,8H2,1-2H3,(H,17,18)(H,19,20). The van der Waals surface area contributed by atoms with Crippen LogP contribution in [0.2, 0.25) is 0 Å². The van der Waals surface area contributed by atoms with Gasteiger partial charge in [-0.3, -0.25) is 4.79 Å². The summed E-state index contributed by atoms with van der Waals surface area (Å²) in [6.45, 7) is 2.87. The van der Waals surface area contributed by atoms with Gasteiger partial charge in [0.1, 0.15) is 5.82 Å². The molecule has 2 rings (SSSR count). The van der Waals surface area contributed by atoms with E-state index in [0.29, 0.717) is 11.4 Å². The van der Waals surface area contributed by atoms with Crippen LogP contribution in [0.25, 0.3) is 0 Å². The summed E-state index contributed by atoms with van der Waals surface area (Å²) in [6.07, 6.45) is 5.78. The fourth-order valence-corrected chi connectivity index (χ4v) is 2.88. The van der Waals surface area contributed by atoms with Gasteiger partial charge >= 0.3 is 0 Å². The van der Waals surface area contributed by atoms with Gasteiger partial charge in [0.05, 0.1) is 11.7 Å². The molecule has 0 spiro atoms. The third kappa shape index (κ3) is 4.41. The van der Waals surface area contributed by atoms with Crippen LogP contribution in [0.3, 0.4) is 0 Å². The first-order valence-electron chi connectivity index (χ1n) is 7.37. The Balaban J connectivity index is 2.05. The zero-order valence-electron chi connectivity index (χ0n) is 12.5. The number of aromatic nitrogens is 1. The highest BCUT2D eigenvalue weighted by molar-refractivity contribution is 9.10. The highest BCUT2D eigenvalue weighted by Crippen LogP contribution is 2.23. The smallest absolute Gasteiger partial charge is 0.255 e. The molecule has 5 nitrogen and oxygen atoms in total. The Bertz CT molecular complexity index is 496. The molecule has 1 aliphatic carbocycles. The Morgan fingerprint density at radius 3 is 3.00 bits per heavy atom. The summed E-state index contributed by atoms with van der Waals surface area (Å²) in [6, 6.07) is 1.99. The summed E-state index contributed by atoms with van der Waals surface area (Å²) in [5.41, 5.74) is 0.582. The lowest BCUT2D eigenvalue weighted by Crippen LogP contribution is -2.34. The van der Waals surface area contributed by atoms with Gasteiger partial charge in [0, 0.05) is 30.4 Å². The van der Waals surface area contributed by atoms with Crippen LogP contribution in [0.4, 0.5) is 5.82 Å². The van der Waals surface area contributed by atoms with Gasteiger partial charge in [0.15, 0.2) is 0 Å². The van der Waals surface area contributed by atoms with Crippen LogP contribution in [-0.2, 0) is 4.74 Å². The van der Waals surface area contributed by atoms with Gasteiger partial charge in [-0.15, -0.1) is 0 Å². The van der Waals surface area contributed by atoms with Gasteiger partial charge < -0.3 is 15.4 Å². The van der Waals surface area contributed by atoms with Crippen molar-refractivity contribution in [3.63, 3.8) is 0 Å². The van der Waals surface area contributed by atoms with E-state index in [0.717, 1.165) is 36.7 Å². The number of carbonyl (C=O) groups excluding carboxylic acids is 1. The lowest BCUT2D eigenvalue weighted by atomic mass is 10.2. The minimum Gasteiger partial charge on any atom is -0.381 e. The zero-order valence-corrected chi connectivity index (χ0v) is 14.1. The van der Waals surface area contributed by atoms with Gasteiger partial charge in [0.2, 0.25) is 0 Å². The van der Waals surface area contributed by atoms with Crippen LogP contribution in [-0.4, -0.2) is 36.7 Å². The number of hydrogen-bond donors (Lipinski definition) is 2. The van der Waals surface area contributed by atoms with E-state index in [1.807, 2.05) is 6.07 Å². The summed E-state index contributed by atoms with van der Waals surface area (Å²) in [5.74, 6) is 0.558. The van der Waals surface area contributed by atoms with E-state index in [4.69, 9.17) is 4.74 Å². The second kappa shape index (κ2) is 7.75. The van der Waals surface area contributed by atoms with Crippen molar-refractivity contribution in [1.29, 1.82) is 0 Å². The number of nitrogens with one attached hydrogen (secondary N) is 2. The molecule has 116 valence electrons. The van der Waals surface area contributed by atoms with E-state index in [1.54, 1.807) is 13.3 Å². The normalized spacial score (nSPS) is 21.3. The number of amides is 1. The van der Waals surface area contributed by atoms with E-state index in [1.165, 1.54) is 0 Å². The van der Waals surface area contributed by atoms with Crippen molar-refractivity contribution in [2.45, 2.75) is 44.8 Å². The van der Waals surface area contributed by atoms with Crippen LogP contribution in [0.5, 0.6) is 0 Å². The lowest BCUT2D eigenvalue weighted by molar-refractivity contribution is 0.0915. The highest BCUT2D eigenvalue weighted by Gasteiger charge is 2.26. The topological polar surface area (TPSA) is 63.2 Å². The van der Waals surface area contributed by atoms with Crippen LogP contribution >= 0.6 is 15.9 Å². The number of carbonyl (C=O) groups is 1.